The van der Waals surface area contributed by atoms with E-state index in [0.29, 0.717) is 13.1 Å². The standard InChI is InChI=1S/C17H24N2O7S/c1-10-8-19(9-11(2)25-10)16(20)12(3)26-17(21)14-7-13(27(18,22)23)5-6-15(14)24-4/h5-7,10-12H,8-9H2,1-4H3,(H2,18,22,23). The highest BCUT2D eigenvalue weighted by Crippen LogP contribution is 2.23. The Morgan fingerprint density at radius 1 is 1.26 bits per heavy atom. The smallest absolute Gasteiger partial charge is 0.342 e. The molecule has 1 aliphatic heterocycles. The van der Waals surface area contributed by atoms with Gasteiger partial charge < -0.3 is 19.1 Å². The third-order valence-corrected chi connectivity index (χ3v) is 4.99. The van der Waals surface area contributed by atoms with Crippen LogP contribution in [0.2, 0.25) is 0 Å². The van der Waals surface area contributed by atoms with Gasteiger partial charge in [-0.3, -0.25) is 4.79 Å². The number of carbonyl (C=O) groups is 2. The number of amides is 1. The van der Waals surface area contributed by atoms with Gasteiger partial charge in [-0.05, 0) is 39.0 Å². The molecule has 2 N–H and O–H groups in total. The van der Waals surface area contributed by atoms with E-state index in [1.54, 1.807) is 4.90 Å². The number of rotatable bonds is 5. The van der Waals surface area contributed by atoms with E-state index in [1.165, 1.54) is 26.2 Å². The molecule has 3 unspecified atom stereocenters. The monoisotopic (exact) mass is 400 g/mol. The highest BCUT2D eigenvalue weighted by atomic mass is 32.2. The van der Waals surface area contributed by atoms with Gasteiger partial charge in [0, 0.05) is 13.1 Å². The topological polar surface area (TPSA) is 125 Å². The lowest BCUT2D eigenvalue weighted by molar-refractivity contribution is -0.151. The summed E-state index contributed by atoms with van der Waals surface area (Å²) in [6.45, 7) is 5.97. The van der Waals surface area contributed by atoms with Gasteiger partial charge in [-0.1, -0.05) is 0 Å². The normalized spacial score (nSPS) is 21.4. The van der Waals surface area contributed by atoms with Crippen molar-refractivity contribution in [2.45, 2.75) is 44.0 Å². The molecule has 0 aliphatic carbocycles. The molecular formula is C17H24N2O7S. The number of sulfonamides is 1. The number of morpholine rings is 1. The Bertz CT molecular complexity index is 815. The predicted octanol–water partition coefficient (Wildman–Crippen LogP) is 0.524. The van der Waals surface area contributed by atoms with E-state index >= 15 is 0 Å². The van der Waals surface area contributed by atoms with Gasteiger partial charge in [0.2, 0.25) is 10.0 Å². The van der Waals surface area contributed by atoms with Crippen LogP contribution in [0.3, 0.4) is 0 Å². The van der Waals surface area contributed by atoms with Crippen LogP contribution < -0.4 is 9.88 Å². The fraction of sp³-hybridized carbons (Fsp3) is 0.529. The maximum Gasteiger partial charge on any atom is 0.342 e. The molecule has 0 aromatic heterocycles. The third kappa shape index (κ3) is 5.18. The zero-order valence-electron chi connectivity index (χ0n) is 15.7. The minimum absolute atomic E-state index is 0.112. The van der Waals surface area contributed by atoms with Gasteiger partial charge in [0.15, 0.2) is 6.10 Å². The quantitative estimate of drug-likeness (QED) is 0.714. The molecule has 0 spiro atoms. The predicted molar refractivity (Wildman–Crippen MR) is 95.8 cm³/mol. The van der Waals surface area contributed by atoms with Crippen LogP contribution in [-0.4, -0.2) is 63.7 Å². The van der Waals surface area contributed by atoms with Crippen molar-refractivity contribution in [2.24, 2.45) is 5.14 Å². The van der Waals surface area contributed by atoms with E-state index in [-0.39, 0.29) is 34.3 Å². The van der Waals surface area contributed by atoms with Crippen molar-refractivity contribution in [3.63, 3.8) is 0 Å². The maximum absolute atomic E-state index is 12.6. The summed E-state index contributed by atoms with van der Waals surface area (Å²) in [5.74, 6) is -1.12. The van der Waals surface area contributed by atoms with Crippen molar-refractivity contribution >= 4 is 21.9 Å². The first kappa shape index (κ1) is 21.1. The van der Waals surface area contributed by atoms with Gasteiger partial charge in [-0.15, -0.1) is 0 Å². The lowest BCUT2D eigenvalue weighted by Gasteiger charge is -2.36. The van der Waals surface area contributed by atoms with E-state index < -0.39 is 22.1 Å². The highest BCUT2D eigenvalue weighted by Gasteiger charge is 2.31. The summed E-state index contributed by atoms with van der Waals surface area (Å²) in [7, 11) is -2.68. The zero-order valence-corrected chi connectivity index (χ0v) is 16.5. The number of carbonyl (C=O) groups excluding carboxylic acids is 2. The first-order valence-corrected chi connectivity index (χ1v) is 9.93. The summed E-state index contributed by atoms with van der Waals surface area (Å²) in [5, 5.41) is 5.10. The molecule has 1 heterocycles. The molecule has 1 aliphatic rings. The third-order valence-electron chi connectivity index (χ3n) is 4.08. The van der Waals surface area contributed by atoms with Crippen LogP contribution in [-0.2, 0) is 24.3 Å². The van der Waals surface area contributed by atoms with Crippen molar-refractivity contribution in [3.8, 4) is 5.75 Å². The van der Waals surface area contributed by atoms with Crippen LogP contribution in [0.15, 0.2) is 23.1 Å². The number of hydrogen-bond acceptors (Lipinski definition) is 7. The molecule has 1 saturated heterocycles. The largest absolute Gasteiger partial charge is 0.496 e. The summed E-state index contributed by atoms with van der Waals surface area (Å²) in [6, 6.07) is 3.58. The Labute approximate surface area is 158 Å². The SMILES string of the molecule is COc1ccc(S(N)(=O)=O)cc1C(=O)OC(C)C(=O)N1CC(C)OC(C)C1. The highest BCUT2D eigenvalue weighted by molar-refractivity contribution is 7.89. The number of esters is 1. The first-order valence-electron chi connectivity index (χ1n) is 8.39. The van der Waals surface area contributed by atoms with Crippen molar-refractivity contribution in [3.05, 3.63) is 23.8 Å². The molecule has 0 bridgehead atoms. The van der Waals surface area contributed by atoms with Gasteiger partial charge in [-0.2, -0.15) is 0 Å². The second kappa shape index (κ2) is 8.24. The molecule has 1 aromatic rings. The Kier molecular flexibility index (Phi) is 6.45. The summed E-state index contributed by atoms with van der Waals surface area (Å²) in [5.41, 5.74) is -0.132. The van der Waals surface area contributed by atoms with Crippen molar-refractivity contribution in [2.75, 3.05) is 20.2 Å². The second-order valence-corrected chi connectivity index (χ2v) is 8.02. The fourth-order valence-electron chi connectivity index (χ4n) is 2.91. The average Bonchev–Trinajstić information content (AvgIpc) is 2.58. The van der Waals surface area contributed by atoms with E-state index in [2.05, 4.69) is 0 Å². The second-order valence-electron chi connectivity index (χ2n) is 6.46. The molecule has 0 saturated carbocycles. The van der Waals surface area contributed by atoms with Crippen LogP contribution in [0.1, 0.15) is 31.1 Å². The number of nitrogens with zero attached hydrogens (tertiary/aromatic N) is 1. The summed E-state index contributed by atoms with van der Waals surface area (Å²) in [4.78, 5) is 26.4. The van der Waals surface area contributed by atoms with Gasteiger partial charge in [0.25, 0.3) is 5.91 Å². The number of methoxy groups -OCH3 is 1. The maximum atomic E-state index is 12.6. The number of nitrogens with two attached hydrogens (primary N) is 1. The van der Waals surface area contributed by atoms with Gasteiger partial charge in [0.1, 0.15) is 11.3 Å². The fourth-order valence-corrected chi connectivity index (χ4v) is 3.45. The summed E-state index contributed by atoms with van der Waals surface area (Å²) < 4.78 is 38.9. The summed E-state index contributed by atoms with van der Waals surface area (Å²) in [6.07, 6.45) is -1.29. The first-order chi connectivity index (χ1) is 12.5. The Hall–Kier alpha value is -2.17. The molecule has 150 valence electrons. The molecule has 27 heavy (non-hydrogen) atoms. The lowest BCUT2D eigenvalue weighted by atomic mass is 10.2. The van der Waals surface area contributed by atoms with Crippen molar-refractivity contribution in [1.82, 2.24) is 4.90 Å². The number of ether oxygens (including phenoxy) is 3. The van der Waals surface area contributed by atoms with E-state index in [4.69, 9.17) is 19.3 Å². The Morgan fingerprint density at radius 2 is 1.85 bits per heavy atom. The summed E-state index contributed by atoms with van der Waals surface area (Å²) >= 11 is 0. The minimum atomic E-state index is -4.01. The lowest BCUT2D eigenvalue weighted by Crippen LogP contribution is -2.51. The van der Waals surface area contributed by atoms with Gasteiger partial charge in [0.05, 0.1) is 24.2 Å². The zero-order chi connectivity index (χ0) is 20.4. The molecule has 10 heteroatoms. The van der Waals surface area contributed by atoms with Gasteiger partial charge >= 0.3 is 5.97 Å². The minimum Gasteiger partial charge on any atom is -0.496 e. The van der Waals surface area contributed by atoms with Crippen molar-refractivity contribution < 1.29 is 32.2 Å². The number of hydrogen-bond donors (Lipinski definition) is 1. The van der Waals surface area contributed by atoms with E-state index in [1.807, 2.05) is 13.8 Å². The van der Waals surface area contributed by atoms with Crippen LogP contribution in [0.5, 0.6) is 5.75 Å². The Morgan fingerprint density at radius 3 is 2.37 bits per heavy atom. The molecule has 9 nitrogen and oxygen atoms in total. The molecule has 0 radical (unpaired) electrons. The number of benzene rings is 1. The van der Waals surface area contributed by atoms with Crippen LogP contribution in [0.4, 0.5) is 0 Å². The molecule has 1 fully saturated rings. The number of primary sulfonamides is 1. The van der Waals surface area contributed by atoms with E-state index in [0.717, 1.165) is 6.07 Å². The average molecular weight is 400 g/mol. The molecule has 1 amide bonds. The van der Waals surface area contributed by atoms with Crippen LogP contribution in [0, 0.1) is 0 Å². The van der Waals surface area contributed by atoms with E-state index in [9.17, 15) is 18.0 Å². The molecule has 1 aromatic carbocycles. The molecule has 2 rings (SSSR count). The Balaban J connectivity index is 2.17. The van der Waals surface area contributed by atoms with Gasteiger partial charge in [-0.25, -0.2) is 18.4 Å². The molecule has 3 atom stereocenters. The van der Waals surface area contributed by atoms with Crippen molar-refractivity contribution in [1.29, 1.82) is 0 Å². The van der Waals surface area contributed by atoms with Crippen LogP contribution in [0.25, 0.3) is 0 Å². The molecular weight excluding hydrogens is 376 g/mol. The van der Waals surface area contributed by atoms with Crippen LogP contribution >= 0.6 is 0 Å².